The summed E-state index contributed by atoms with van der Waals surface area (Å²) < 4.78 is 2.39. The molecule has 6 aromatic carbocycles. The van der Waals surface area contributed by atoms with Crippen LogP contribution in [0.3, 0.4) is 0 Å². The van der Waals surface area contributed by atoms with E-state index in [0.717, 1.165) is 0 Å². The Bertz CT molecular complexity index is 2410. The van der Waals surface area contributed by atoms with Gasteiger partial charge in [-0.05, 0) is 88.5 Å². The fourth-order valence-corrected chi connectivity index (χ4v) is 9.85. The molecule has 0 saturated carbocycles. The van der Waals surface area contributed by atoms with Crippen LogP contribution in [0.15, 0.2) is 163 Å². The Morgan fingerprint density at radius 3 is 1.98 bits per heavy atom. The number of nitrogens with zero attached hydrogens (tertiary/aromatic N) is 2. The van der Waals surface area contributed by atoms with E-state index in [1.54, 1.807) is 0 Å². The minimum atomic E-state index is -0.190. The first-order valence-electron chi connectivity index (χ1n) is 16.9. The van der Waals surface area contributed by atoms with Gasteiger partial charge in [0.2, 0.25) is 0 Å². The molecule has 3 heteroatoms. The number of aromatic nitrogens is 1. The number of fused-ring (bicyclic) bond motifs is 9. The van der Waals surface area contributed by atoms with Crippen molar-refractivity contribution in [3.8, 4) is 16.8 Å². The standard InChI is InChI=1S/C45H34N2S/c1-45(2)36-28-30(29-20-23-32(24-21-29)46-37-17-9-6-14-33(37)34-15-7-10-18-38(34)46)22-25-39(36)47(31-12-4-3-5-13-31)40-26-27-42-43(44(40)45)35-16-8-11-19-41(35)48-42/h3-28,35,41H,1-2H3. The Hall–Kier alpha value is -5.25. The fraction of sp³-hybridized carbons (Fsp3) is 0.111. The SMILES string of the molecule is CC1(C)c2cc(-c3ccc(-n4c5ccccc5c5ccccc54)cc3)ccc2N(c2ccccc2)c2ccc3c(c21)C1C=CC=CC1S3. The van der Waals surface area contributed by atoms with Crippen molar-refractivity contribution in [3.05, 3.63) is 174 Å². The normalized spacial score (nSPS) is 18.5. The number of rotatable bonds is 3. The van der Waals surface area contributed by atoms with Crippen molar-refractivity contribution in [2.24, 2.45) is 0 Å². The molecule has 48 heavy (non-hydrogen) atoms. The predicted molar refractivity (Wildman–Crippen MR) is 204 cm³/mol. The summed E-state index contributed by atoms with van der Waals surface area (Å²) in [7, 11) is 0. The molecule has 0 fully saturated rings. The molecule has 2 atom stereocenters. The van der Waals surface area contributed by atoms with Crippen LogP contribution in [0.4, 0.5) is 17.1 Å². The van der Waals surface area contributed by atoms with E-state index in [1.807, 2.05) is 11.8 Å². The van der Waals surface area contributed by atoms with Crippen molar-refractivity contribution < 1.29 is 0 Å². The highest BCUT2D eigenvalue weighted by Gasteiger charge is 2.44. The van der Waals surface area contributed by atoms with Crippen molar-refractivity contribution in [1.82, 2.24) is 4.57 Å². The molecule has 0 bridgehead atoms. The molecule has 2 aliphatic heterocycles. The number of benzene rings is 6. The molecule has 0 N–H and O–H groups in total. The van der Waals surface area contributed by atoms with Gasteiger partial charge in [-0.15, -0.1) is 11.8 Å². The molecular formula is C45H34N2S. The van der Waals surface area contributed by atoms with Gasteiger partial charge in [0.05, 0.1) is 22.4 Å². The molecule has 0 radical (unpaired) electrons. The third-order valence-corrected chi connectivity index (χ3v) is 12.0. The minimum Gasteiger partial charge on any atom is -0.310 e. The second kappa shape index (κ2) is 10.4. The molecule has 7 aromatic rings. The van der Waals surface area contributed by atoms with E-state index < -0.39 is 0 Å². The topological polar surface area (TPSA) is 8.17 Å². The minimum absolute atomic E-state index is 0.190. The molecule has 0 amide bonds. The Morgan fingerprint density at radius 1 is 0.583 bits per heavy atom. The van der Waals surface area contributed by atoms with E-state index in [9.17, 15) is 0 Å². The molecule has 3 aliphatic rings. The van der Waals surface area contributed by atoms with Gasteiger partial charge < -0.3 is 9.47 Å². The summed E-state index contributed by atoms with van der Waals surface area (Å²) in [5, 5.41) is 3.03. The van der Waals surface area contributed by atoms with Crippen LogP contribution in [-0.2, 0) is 5.41 Å². The monoisotopic (exact) mass is 634 g/mol. The number of para-hydroxylation sites is 3. The molecular weight excluding hydrogens is 601 g/mol. The lowest BCUT2D eigenvalue weighted by Crippen LogP contribution is -2.32. The zero-order chi connectivity index (χ0) is 32.0. The average molecular weight is 635 g/mol. The maximum absolute atomic E-state index is 2.49. The van der Waals surface area contributed by atoms with Crippen molar-refractivity contribution in [2.45, 2.75) is 35.3 Å². The van der Waals surface area contributed by atoms with Gasteiger partial charge in [0.1, 0.15) is 0 Å². The summed E-state index contributed by atoms with van der Waals surface area (Å²) in [5.74, 6) is 0.389. The van der Waals surface area contributed by atoms with Crippen LogP contribution >= 0.6 is 11.8 Å². The number of hydrogen-bond donors (Lipinski definition) is 0. The van der Waals surface area contributed by atoms with Crippen LogP contribution < -0.4 is 4.90 Å². The first-order valence-corrected chi connectivity index (χ1v) is 17.7. The van der Waals surface area contributed by atoms with Crippen molar-refractivity contribution in [3.63, 3.8) is 0 Å². The Kier molecular flexibility index (Phi) is 6.01. The summed E-state index contributed by atoms with van der Waals surface area (Å²) >= 11 is 2.01. The highest BCUT2D eigenvalue weighted by Crippen LogP contribution is 2.59. The lowest BCUT2D eigenvalue weighted by atomic mass is 9.69. The van der Waals surface area contributed by atoms with Gasteiger partial charge in [-0.3, -0.25) is 0 Å². The Balaban J connectivity index is 1.12. The van der Waals surface area contributed by atoms with Gasteiger partial charge in [0.15, 0.2) is 0 Å². The van der Waals surface area contributed by atoms with E-state index in [1.165, 1.54) is 77.3 Å². The lowest BCUT2D eigenvalue weighted by Gasteiger charge is -2.44. The summed E-state index contributed by atoms with van der Waals surface area (Å²) in [4.78, 5) is 3.91. The third kappa shape index (κ3) is 3.95. The summed E-state index contributed by atoms with van der Waals surface area (Å²) in [6.07, 6.45) is 9.23. The first-order chi connectivity index (χ1) is 23.6. The third-order valence-electron chi connectivity index (χ3n) is 10.7. The van der Waals surface area contributed by atoms with Gasteiger partial charge >= 0.3 is 0 Å². The zero-order valence-electron chi connectivity index (χ0n) is 27.0. The maximum Gasteiger partial charge on any atom is 0.0541 e. The van der Waals surface area contributed by atoms with Crippen LogP contribution in [0, 0.1) is 0 Å². The zero-order valence-corrected chi connectivity index (χ0v) is 27.8. The van der Waals surface area contributed by atoms with Crippen molar-refractivity contribution in [1.29, 1.82) is 0 Å². The molecule has 1 aromatic heterocycles. The van der Waals surface area contributed by atoms with Crippen LogP contribution in [-0.4, -0.2) is 9.82 Å². The van der Waals surface area contributed by atoms with Crippen LogP contribution in [0.5, 0.6) is 0 Å². The second-order valence-electron chi connectivity index (χ2n) is 13.7. The molecule has 2 nitrogen and oxygen atoms in total. The molecule has 10 rings (SSSR count). The molecule has 2 unspecified atom stereocenters. The molecule has 230 valence electrons. The van der Waals surface area contributed by atoms with Gasteiger partial charge in [-0.2, -0.15) is 0 Å². The van der Waals surface area contributed by atoms with Gasteiger partial charge in [0, 0.05) is 43.6 Å². The van der Waals surface area contributed by atoms with E-state index in [0.29, 0.717) is 11.2 Å². The molecule has 0 spiro atoms. The largest absolute Gasteiger partial charge is 0.310 e. The van der Waals surface area contributed by atoms with Gasteiger partial charge in [-0.25, -0.2) is 0 Å². The Labute approximate surface area is 285 Å². The van der Waals surface area contributed by atoms with Crippen molar-refractivity contribution >= 4 is 50.6 Å². The molecule has 0 saturated heterocycles. The smallest absolute Gasteiger partial charge is 0.0541 e. The van der Waals surface area contributed by atoms with E-state index >= 15 is 0 Å². The van der Waals surface area contributed by atoms with E-state index in [-0.39, 0.29) is 5.41 Å². The van der Waals surface area contributed by atoms with Crippen LogP contribution in [0.25, 0.3) is 38.6 Å². The highest BCUT2D eigenvalue weighted by molar-refractivity contribution is 8.00. The highest BCUT2D eigenvalue weighted by atomic mass is 32.2. The van der Waals surface area contributed by atoms with Crippen LogP contribution in [0.2, 0.25) is 0 Å². The van der Waals surface area contributed by atoms with E-state index in [4.69, 9.17) is 0 Å². The summed E-state index contributed by atoms with van der Waals surface area (Å²) in [5.41, 5.74) is 14.0. The first kappa shape index (κ1) is 27.8. The quantitative estimate of drug-likeness (QED) is 0.191. The average Bonchev–Trinajstić information content (AvgIpc) is 3.68. The molecule has 1 aliphatic carbocycles. The number of thioether (sulfide) groups is 1. The number of hydrogen-bond acceptors (Lipinski definition) is 2. The second-order valence-corrected chi connectivity index (χ2v) is 14.9. The van der Waals surface area contributed by atoms with Crippen LogP contribution in [0.1, 0.15) is 36.5 Å². The number of allylic oxidation sites excluding steroid dienone is 3. The number of anilines is 3. The summed E-state index contributed by atoms with van der Waals surface area (Å²) in [6, 6.07) is 49.3. The molecule has 3 heterocycles. The van der Waals surface area contributed by atoms with Gasteiger partial charge in [0.25, 0.3) is 0 Å². The lowest BCUT2D eigenvalue weighted by molar-refractivity contribution is 0.615. The van der Waals surface area contributed by atoms with E-state index in [2.05, 4.69) is 181 Å². The van der Waals surface area contributed by atoms with Crippen molar-refractivity contribution in [2.75, 3.05) is 4.90 Å². The predicted octanol–water partition coefficient (Wildman–Crippen LogP) is 12.2. The van der Waals surface area contributed by atoms with Gasteiger partial charge in [-0.1, -0.05) is 111 Å². The summed E-state index contributed by atoms with van der Waals surface area (Å²) in [6.45, 7) is 4.87. The maximum atomic E-state index is 2.49. The fourth-order valence-electron chi connectivity index (χ4n) is 8.51. The Morgan fingerprint density at radius 2 is 1.23 bits per heavy atom.